The Hall–Kier alpha value is -2.41. The van der Waals surface area contributed by atoms with Gasteiger partial charge < -0.3 is 20.8 Å². The molecule has 0 saturated heterocycles. The number of carboxylic acid groups (broad SMARTS) is 1. The van der Waals surface area contributed by atoms with E-state index >= 15 is 0 Å². The summed E-state index contributed by atoms with van der Waals surface area (Å²) in [5.41, 5.74) is 0.787. The molecular weight excluding hydrogens is 252 g/mol. The van der Waals surface area contributed by atoms with Gasteiger partial charge in [-0.3, -0.25) is 14.4 Å². The molecule has 0 atom stereocenters. The predicted molar refractivity (Wildman–Crippen MR) is 66.7 cm³/mol. The average Bonchev–Trinajstić information content (AvgIpc) is 2.35. The molecule has 4 N–H and O–H groups in total. The second kappa shape index (κ2) is 7.12. The van der Waals surface area contributed by atoms with E-state index in [1.807, 2.05) is 0 Å². The minimum atomic E-state index is -1.21. The second-order valence-electron chi connectivity index (χ2n) is 3.68. The Morgan fingerprint density at radius 2 is 1.74 bits per heavy atom. The van der Waals surface area contributed by atoms with Gasteiger partial charge in [-0.1, -0.05) is 0 Å². The first kappa shape index (κ1) is 14.7. The number of amides is 2. The minimum absolute atomic E-state index is 0.144. The predicted octanol–water partition coefficient (Wildman–Crippen LogP) is -0.178. The summed E-state index contributed by atoms with van der Waals surface area (Å²) in [5, 5.41) is 21.9. The Balaban J connectivity index is 2.58. The van der Waals surface area contributed by atoms with Crippen LogP contribution in [0.1, 0.15) is 16.8 Å². The number of aliphatic carboxylic acids is 1. The molecule has 7 heteroatoms. The summed E-state index contributed by atoms with van der Waals surface area (Å²) in [5.74, 6) is -2.18. The summed E-state index contributed by atoms with van der Waals surface area (Å²) >= 11 is 0. The van der Waals surface area contributed by atoms with Crippen molar-refractivity contribution in [1.29, 1.82) is 0 Å². The molecule has 1 rings (SSSR count). The number of aliphatic hydroxyl groups excluding tert-OH is 1. The average molecular weight is 266 g/mol. The SMILES string of the molecule is O=C(O)CC(=O)Nc1ccc(C(=O)NCCO)cc1. The summed E-state index contributed by atoms with van der Waals surface area (Å²) in [6.07, 6.45) is -0.612. The van der Waals surface area contributed by atoms with Gasteiger partial charge in [-0.25, -0.2) is 0 Å². The highest BCUT2D eigenvalue weighted by Gasteiger charge is 2.08. The molecule has 2 amide bonds. The van der Waals surface area contributed by atoms with Crippen LogP contribution in [0.5, 0.6) is 0 Å². The van der Waals surface area contributed by atoms with Gasteiger partial charge in [0.1, 0.15) is 6.42 Å². The van der Waals surface area contributed by atoms with Crippen LogP contribution in [0, 0.1) is 0 Å². The highest BCUT2D eigenvalue weighted by Crippen LogP contribution is 2.09. The van der Waals surface area contributed by atoms with Crippen LogP contribution in [-0.2, 0) is 9.59 Å². The summed E-state index contributed by atoms with van der Waals surface area (Å²) in [6.45, 7) is 0.0189. The van der Waals surface area contributed by atoms with Gasteiger partial charge in [0.15, 0.2) is 0 Å². The molecular formula is C12H14N2O5. The summed E-state index contributed by atoms with van der Waals surface area (Å²) in [4.78, 5) is 33.0. The Labute approximate surface area is 109 Å². The Bertz CT molecular complexity index is 470. The molecule has 0 heterocycles. The number of rotatable bonds is 6. The van der Waals surface area contributed by atoms with E-state index < -0.39 is 18.3 Å². The lowest BCUT2D eigenvalue weighted by Gasteiger charge is -2.06. The molecule has 0 aliphatic rings. The lowest BCUT2D eigenvalue weighted by molar-refractivity contribution is -0.139. The van der Waals surface area contributed by atoms with Gasteiger partial charge in [-0.05, 0) is 24.3 Å². The zero-order chi connectivity index (χ0) is 14.3. The van der Waals surface area contributed by atoms with E-state index in [0.29, 0.717) is 11.3 Å². The fourth-order valence-corrected chi connectivity index (χ4v) is 1.32. The lowest BCUT2D eigenvalue weighted by Crippen LogP contribution is -2.26. The maximum Gasteiger partial charge on any atom is 0.312 e. The van der Waals surface area contributed by atoms with E-state index in [9.17, 15) is 14.4 Å². The fraction of sp³-hybridized carbons (Fsp3) is 0.250. The van der Waals surface area contributed by atoms with Gasteiger partial charge in [0.25, 0.3) is 5.91 Å². The van der Waals surface area contributed by atoms with Crippen LogP contribution in [0.3, 0.4) is 0 Å². The summed E-state index contributed by atoms with van der Waals surface area (Å²) in [7, 11) is 0. The second-order valence-corrected chi connectivity index (χ2v) is 3.68. The third-order valence-electron chi connectivity index (χ3n) is 2.14. The number of carboxylic acids is 1. The molecule has 102 valence electrons. The first-order chi connectivity index (χ1) is 9.02. The van der Waals surface area contributed by atoms with Crippen molar-refractivity contribution < 1.29 is 24.6 Å². The normalized spacial score (nSPS) is 9.74. The molecule has 0 aliphatic heterocycles. The van der Waals surface area contributed by atoms with E-state index in [-0.39, 0.29) is 19.1 Å². The Kier molecular flexibility index (Phi) is 5.49. The molecule has 19 heavy (non-hydrogen) atoms. The topological polar surface area (TPSA) is 116 Å². The number of anilines is 1. The zero-order valence-corrected chi connectivity index (χ0v) is 10.0. The molecule has 1 aromatic carbocycles. The largest absolute Gasteiger partial charge is 0.481 e. The van der Waals surface area contributed by atoms with E-state index in [1.165, 1.54) is 24.3 Å². The molecule has 0 aromatic heterocycles. The molecule has 0 radical (unpaired) electrons. The number of nitrogens with one attached hydrogen (secondary N) is 2. The quantitative estimate of drug-likeness (QED) is 0.533. The van der Waals surface area contributed by atoms with Gasteiger partial charge in [-0.2, -0.15) is 0 Å². The molecule has 0 aliphatic carbocycles. The van der Waals surface area contributed by atoms with Crippen molar-refractivity contribution >= 4 is 23.5 Å². The number of benzene rings is 1. The fourth-order valence-electron chi connectivity index (χ4n) is 1.32. The number of hydrogen-bond acceptors (Lipinski definition) is 4. The third-order valence-corrected chi connectivity index (χ3v) is 2.14. The molecule has 0 unspecified atom stereocenters. The maximum absolute atomic E-state index is 11.5. The molecule has 0 saturated carbocycles. The maximum atomic E-state index is 11.5. The first-order valence-corrected chi connectivity index (χ1v) is 5.53. The van der Waals surface area contributed by atoms with Gasteiger partial charge in [0.2, 0.25) is 5.91 Å². The van der Waals surface area contributed by atoms with E-state index in [1.54, 1.807) is 0 Å². The monoisotopic (exact) mass is 266 g/mol. The molecule has 0 spiro atoms. The summed E-state index contributed by atoms with van der Waals surface area (Å²) in [6, 6.07) is 5.97. The van der Waals surface area contributed by atoms with Crippen LogP contribution in [0.15, 0.2) is 24.3 Å². The van der Waals surface area contributed by atoms with Gasteiger partial charge in [0.05, 0.1) is 6.61 Å². The van der Waals surface area contributed by atoms with Crippen LogP contribution < -0.4 is 10.6 Å². The first-order valence-electron chi connectivity index (χ1n) is 5.53. The number of carbonyl (C=O) groups is 3. The van der Waals surface area contributed by atoms with Crippen LogP contribution in [0.2, 0.25) is 0 Å². The number of aliphatic hydroxyl groups is 1. The smallest absolute Gasteiger partial charge is 0.312 e. The molecule has 1 aromatic rings. The zero-order valence-electron chi connectivity index (χ0n) is 10.0. The highest BCUT2D eigenvalue weighted by molar-refractivity contribution is 6.01. The lowest BCUT2D eigenvalue weighted by atomic mass is 10.2. The van der Waals surface area contributed by atoms with Crippen LogP contribution in [0.25, 0.3) is 0 Å². The van der Waals surface area contributed by atoms with Gasteiger partial charge >= 0.3 is 5.97 Å². The van der Waals surface area contributed by atoms with Crippen molar-refractivity contribution in [3.8, 4) is 0 Å². The highest BCUT2D eigenvalue weighted by atomic mass is 16.4. The standard InChI is InChI=1S/C12H14N2O5/c15-6-5-13-12(19)8-1-3-9(4-2-8)14-10(16)7-11(17)18/h1-4,15H,5-7H2,(H,13,19)(H,14,16)(H,17,18). The molecule has 7 nitrogen and oxygen atoms in total. The van der Waals surface area contributed by atoms with Crippen molar-refractivity contribution in [2.75, 3.05) is 18.5 Å². The molecule has 0 fully saturated rings. The molecule has 0 bridgehead atoms. The van der Waals surface area contributed by atoms with Crippen molar-refractivity contribution in [2.45, 2.75) is 6.42 Å². The number of hydrogen-bond donors (Lipinski definition) is 4. The van der Waals surface area contributed by atoms with Gasteiger partial charge in [-0.15, -0.1) is 0 Å². The van der Waals surface area contributed by atoms with Crippen molar-refractivity contribution in [1.82, 2.24) is 5.32 Å². The van der Waals surface area contributed by atoms with Crippen LogP contribution >= 0.6 is 0 Å². The van der Waals surface area contributed by atoms with E-state index in [4.69, 9.17) is 10.2 Å². The summed E-state index contributed by atoms with van der Waals surface area (Å²) < 4.78 is 0. The van der Waals surface area contributed by atoms with Gasteiger partial charge in [0, 0.05) is 17.8 Å². The van der Waals surface area contributed by atoms with Crippen molar-refractivity contribution in [2.24, 2.45) is 0 Å². The number of carbonyl (C=O) groups excluding carboxylic acids is 2. The minimum Gasteiger partial charge on any atom is -0.481 e. The van der Waals surface area contributed by atoms with Crippen LogP contribution in [0.4, 0.5) is 5.69 Å². The Morgan fingerprint density at radius 3 is 2.26 bits per heavy atom. The van der Waals surface area contributed by atoms with E-state index in [0.717, 1.165) is 0 Å². The van der Waals surface area contributed by atoms with Crippen molar-refractivity contribution in [3.63, 3.8) is 0 Å². The Morgan fingerprint density at radius 1 is 1.11 bits per heavy atom. The van der Waals surface area contributed by atoms with Crippen molar-refractivity contribution in [3.05, 3.63) is 29.8 Å². The third kappa shape index (κ3) is 5.17. The van der Waals surface area contributed by atoms with E-state index in [2.05, 4.69) is 10.6 Å². The van der Waals surface area contributed by atoms with Crippen LogP contribution in [-0.4, -0.2) is 41.1 Å².